The molecular formula is C21H26N6O. The number of carbonyl (C=O) groups excluding carboxylic acids is 1. The number of hydrogen-bond acceptors (Lipinski definition) is 5. The van der Waals surface area contributed by atoms with E-state index in [0.29, 0.717) is 13.1 Å². The summed E-state index contributed by atoms with van der Waals surface area (Å²) < 4.78 is 1.94. The number of piperazine rings is 1. The van der Waals surface area contributed by atoms with Gasteiger partial charge in [-0.3, -0.25) is 4.79 Å². The molecule has 1 aromatic carbocycles. The lowest BCUT2D eigenvalue weighted by Gasteiger charge is -2.35. The lowest BCUT2D eigenvalue weighted by Crippen LogP contribution is -2.48. The summed E-state index contributed by atoms with van der Waals surface area (Å²) in [6, 6.07) is 8.21. The van der Waals surface area contributed by atoms with E-state index in [2.05, 4.69) is 30.9 Å². The van der Waals surface area contributed by atoms with E-state index < -0.39 is 0 Å². The maximum Gasteiger partial charge on any atom is 0.219 e. The van der Waals surface area contributed by atoms with Crippen LogP contribution in [0.2, 0.25) is 0 Å². The van der Waals surface area contributed by atoms with Crippen molar-refractivity contribution in [2.24, 2.45) is 0 Å². The van der Waals surface area contributed by atoms with Gasteiger partial charge in [-0.25, -0.2) is 14.6 Å². The summed E-state index contributed by atoms with van der Waals surface area (Å²) in [6.45, 7) is 10.8. The van der Waals surface area contributed by atoms with Gasteiger partial charge in [0.2, 0.25) is 5.91 Å². The largest absolute Gasteiger partial charge is 0.352 e. The summed E-state index contributed by atoms with van der Waals surface area (Å²) in [5.41, 5.74) is 3.96. The number of carbonyl (C=O) groups is 1. The molecule has 2 aromatic heterocycles. The molecule has 0 unspecified atom stereocenters. The Bertz CT molecular complexity index is 1030. The maximum atomic E-state index is 11.7. The van der Waals surface area contributed by atoms with E-state index in [9.17, 15) is 4.79 Å². The van der Waals surface area contributed by atoms with E-state index in [1.165, 1.54) is 0 Å². The molecule has 0 atom stereocenters. The second-order valence-corrected chi connectivity index (χ2v) is 7.29. The second kappa shape index (κ2) is 7.22. The first-order valence-corrected chi connectivity index (χ1v) is 9.82. The minimum absolute atomic E-state index is 0.130. The van der Waals surface area contributed by atoms with Gasteiger partial charge in [-0.1, -0.05) is 25.1 Å². The smallest absolute Gasteiger partial charge is 0.219 e. The predicted octanol–water partition coefficient (Wildman–Crippen LogP) is 2.66. The lowest BCUT2D eigenvalue weighted by molar-refractivity contribution is -0.129. The number of hydrogen-bond donors (Lipinski definition) is 0. The van der Waals surface area contributed by atoms with Gasteiger partial charge in [0.05, 0.1) is 16.8 Å². The monoisotopic (exact) mass is 378 g/mol. The van der Waals surface area contributed by atoms with Gasteiger partial charge in [-0.2, -0.15) is 5.10 Å². The summed E-state index contributed by atoms with van der Waals surface area (Å²) in [5, 5.41) is 5.81. The van der Waals surface area contributed by atoms with Crippen LogP contribution < -0.4 is 4.90 Å². The molecule has 1 fully saturated rings. The lowest BCUT2D eigenvalue weighted by atomic mass is 10.2. The minimum Gasteiger partial charge on any atom is -0.352 e. The van der Waals surface area contributed by atoms with Crippen LogP contribution in [0.3, 0.4) is 0 Å². The number of para-hydroxylation sites is 1. The summed E-state index contributed by atoms with van der Waals surface area (Å²) in [5.74, 6) is 1.87. The number of fused-ring (bicyclic) bond motifs is 1. The van der Waals surface area contributed by atoms with E-state index in [1.807, 2.05) is 28.6 Å². The van der Waals surface area contributed by atoms with Crippen LogP contribution in [-0.2, 0) is 11.2 Å². The summed E-state index contributed by atoms with van der Waals surface area (Å²) >= 11 is 0. The Morgan fingerprint density at radius 2 is 1.79 bits per heavy atom. The molecule has 0 N–H and O–H groups in total. The van der Waals surface area contributed by atoms with Crippen molar-refractivity contribution >= 4 is 22.8 Å². The van der Waals surface area contributed by atoms with Crippen LogP contribution in [0.4, 0.5) is 5.82 Å². The molecule has 0 spiro atoms. The highest BCUT2D eigenvalue weighted by atomic mass is 16.2. The highest BCUT2D eigenvalue weighted by Gasteiger charge is 2.25. The van der Waals surface area contributed by atoms with Gasteiger partial charge >= 0.3 is 0 Å². The zero-order chi connectivity index (χ0) is 19.8. The first-order valence-electron chi connectivity index (χ1n) is 9.82. The van der Waals surface area contributed by atoms with Crippen molar-refractivity contribution in [1.82, 2.24) is 24.6 Å². The van der Waals surface area contributed by atoms with Gasteiger partial charge in [-0.15, -0.1) is 0 Å². The van der Waals surface area contributed by atoms with Crippen LogP contribution in [0, 0.1) is 13.8 Å². The molecule has 0 bridgehead atoms. The fraction of sp³-hybridized carbons (Fsp3) is 0.429. The molecule has 4 rings (SSSR count). The molecular weight excluding hydrogens is 352 g/mol. The summed E-state index contributed by atoms with van der Waals surface area (Å²) in [7, 11) is 0. The molecule has 1 saturated heterocycles. The zero-order valence-corrected chi connectivity index (χ0v) is 16.9. The second-order valence-electron chi connectivity index (χ2n) is 7.29. The standard InChI is InChI=1S/C21H26N6O/c1-5-18-22-20(26-12-10-25(11-13-26)16(4)28)19-15(3)24-27(21(19)23-18)17-9-7-6-8-14(17)2/h6-9H,5,10-13H2,1-4H3. The van der Waals surface area contributed by atoms with E-state index in [0.717, 1.165) is 59.1 Å². The Kier molecular flexibility index (Phi) is 4.75. The topological polar surface area (TPSA) is 67.2 Å². The third-order valence-corrected chi connectivity index (χ3v) is 5.41. The van der Waals surface area contributed by atoms with Crippen molar-refractivity contribution < 1.29 is 4.79 Å². The molecule has 7 heteroatoms. The number of amides is 1. The van der Waals surface area contributed by atoms with Crippen LogP contribution in [0.1, 0.15) is 30.9 Å². The minimum atomic E-state index is 0.130. The van der Waals surface area contributed by atoms with Crippen molar-refractivity contribution in [2.75, 3.05) is 31.1 Å². The number of rotatable bonds is 3. The van der Waals surface area contributed by atoms with Crippen molar-refractivity contribution in [2.45, 2.75) is 34.1 Å². The SMILES string of the molecule is CCc1nc(N2CCN(C(C)=O)CC2)c2c(C)nn(-c3ccccc3C)c2n1. The van der Waals surface area contributed by atoms with Gasteiger partial charge < -0.3 is 9.80 Å². The van der Waals surface area contributed by atoms with Crippen LogP contribution in [-0.4, -0.2) is 56.7 Å². The third kappa shape index (κ3) is 3.10. The van der Waals surface area contributed by atoms with Crippen molar-refractivity contribution in [3.8, 4) is 5.69 Å². The molecule has 28 heavy (non-hydrogen) atoms. The molecule has 146 valence electrons. The Morgan fingerprint density at radius 1 is 1.07 bits per heavy atom. The highest BCUT2D eigenvalue weighted by Crippen LogP contribution is 2.30. The molecule has 0 radical (unpaired) electrons. The summed E-state index contributed by atoms with van der Waals surface area (Å²) in [4.78, 5) is 25.5. The van der Waals surface area contributed by atoms with E-state index in [1.54, 1.807) is 6.92 Å². The first kappa shape index (κ1) is 18.4. The van der Waals surface area contributed by atoms with Crippen LogP contribution in [0.5, 0.6) is 0 Å². The van der Waals surface area contributed by atoms with E-state index in [-0.39, 0.29) is 5.91 Å². The molecule has 0 saturated carbocycles. The molecule has 1 aliphatic heterocycles. The quantitative estimate of drug-likeness (QED) is 0.701. The Hall–Kier alpha value is -2.96. The van der Waals surface area contributed by atoms with Gasteiger partial charge in [0.15, 0.2) is 5.65 Å². The fourth-order valence-corrected chi connectivity index (χ4v) is 3.79. The molecule has 0 aliphatic carbocycles. The van der Waals surface area contributed by atoms with Crippen molar-refractivity contribution in [1.29, 1.82) is 0 Å². The predicted molar refractivity (Wildman–Crippen MR) is 110 cm³/mol. The van der Waals surface area contributed by atoms with Crippen LogP contribution in [0.25, 0.3) is 16.7 Å². The molecule has 3 aromatic rings. The van der Waals surface area contributed by atoms with Gasteiger partial charge in [-0.05, 0) is 25.5 Å². The summed E-state index contributed by atoms with van der Waals surface area (Å²) in [6.07, 6.45) is 0.758. The molecule has 7 nitrogen and oxygen atoms in total. The Morgan fingerprint density at radius 3 is 2.43 bits per heavy atom. The third-order valence-electron chi connectivity index (χ3n) is 5.41. The maximum absolute atomic E-state index is 11.7. The fourth-order valence-electron chi connectivity index (χ4n) is 3.79. The van der Waals surface area contributed by atoms with Crippen LogP contribution >= 0.6 is 0 Å². The number of aromatic nitrogens is 4. The van der Waals surface area contributed by atoms with Crippen molar-refractivity contribution in [3.63, 3.8) is 0 Å². The number of aryl methyl sites for hydroxylation is 3. The molecule has 1 aliphatic rings. The molecule has 3 heterocycles. The number of anilines is 1. The first-order chi connectivity index (χ1) is 13.5. The zero-order valence-electron chi connectivity index (χ0n) is 16.9. The van der Waals surface area contributed by atoms with E-state index >= 15 is 0 Å². The van der Waals surface area contributed by atoms with Crippen molar-refractivity contribution in [3.05, 3.63) is 41.3 Å². The Balaban J connectivity index is 1.84. The Labute approximate surface area is 165 Å². The average molecular weight is 378 g/mol. The highest BCUT2D eigenvalue weighted by molar-refractivity contribution is 5.91. The van der Waals surface area contributed by atoms with Gasteiger partial charge in [0.1, 0.15) is 11.6 Å². The number of benzene rings is 1. The van der Waals surface area contributed by atoms with Gasteiger partial charge in [0, 0.05) is 39.5 Å². The molecule has 1 amide bonds. The van der Waals surface area contributed by atoms with Crippen LogP contribution in [0.15, 0.2) is 24.3 Å². The average Bonchev–Trinajstić information content (AvgIpc) is 3.04. The van der Waals surface area contributed by atoms with Gasteiger partial charge in [0.25, 0.3) is 0 Å². The van der Waals surface area contributed by atoms with E-state index in [4.69, 9.17) is 15.1 Å². The normalized spacial score (nSPS) is 14.7. The number of nitrogens with zero attached hydrogens (tertiary/aromatic N) is 6.